The lowest BCUT2D eigenvalue weighted by atomic mass is 9.47. The van der Waals surface area contributed by atoms with Crippen LogP contribution in [-0.2, 0) is 9.59 Å². The maximum absolute atomic E-state index is 12.9. The maximum Gasteiger partial charge on any atom is 0.225 e. The van der Waals surface area contributed by atoms with Crippen molar-refractivity contribution in [2.45, 2.75) is 123 Å². The lowest BCUT2D eigenvalue weighted by molar-refractivity contribution is -0.134. The number of carbonyl (C=O) groups excluding carboxylic acids is 2. The molecule has 4 saturated carbocycles. The normalized spacial score (nSPS) is 43.2. The second kappa shape index (κ2) is 10.9. The number of aliphatic hydroxyl groups is 1. The van der Waals surface area contributed by atoms with Crippen LogP contribution in [0.2, 0.25) is 0 Å². The molecule has 2 amide bonds. The van der Waals surface area contributed by atoms with Crippen LogP contribution in [0.5, 0.6) is 0 Å². The van der Waals surface area contributed by atoms with Crippen molar-refractivity contribution in [1.82, 2.24) is 10.2 Å². The van der Waals surface area contributed by atoms with Crippen molar-refractivity contribution < 1.29 is 14.7 Å². The predicted molar refractivity (Wildman–Crippen MR) is 152 cm³/mol. The molecule has 0 aliphatic heterocycles. The van der Waals surface area contributed by atoms with Gasteiger partial charge >= 0.3 is 0 Å². The zero-order valence-electron chi connectivity index (χ0n) is 24.8. The van der Waals surface area contributed by atoms with Crippen molar-refractivity contribution in [3.05, 3.63) is 11.6 Å². The minimum absolute atomic E-state index is 0.128. The van der Waals surface area contributed by atoms with Crippen molar-refractivity contribution in [3.8, 4) is 0 Å². The van der Waals surface area contributed by atoms with Gasteiger partial charge < -0.3 is 15.3 Å². The number of rotatable bonds is 6. The highest BCUT2D eigenvalue weighted by Crippen LogP contribution is 2.67. The minimum Gasteiger partial charge on any atom is -0.393 e. The van der Waals surface area contributed by atoms with Gasteiger partial charge in [-0.05, 0) is 124 Å². The number of hydrogen-bond donors (Lipinski definition) is 2. The third-order valence-corrected chi connectivity index (χ3v) is 12.5. The first kappa shape index (κ1) is 28.2. The molecule has 4 fully saturated rings. The van der Waals surface area contributed by atoms with Gasteiger partial charge in [-0.2, -0.15) is 0 Å². The fraction of sp³-hybridized carbons (Fsp3) is 0.879. The summed E-state index contributed by atoms with van der Waals surface area (Å²) >= 11 is 0. The molecule has 5 aliphatic rings. The van der Waals surface area contributed by atoms with Gasteiger partial charge in [-0.15, -0.1) is 0 Å². The smallest absolute Gasteiger partial charge is 0.225 e. The summed E-state index contributed by atoms with van der Waals surface area (Å²) in [6, 6.07) is 0.235. The van der Waals surface area contributed by atoms with Crippen molar-refractivity contribution in [2.75, 3.05) is 14.1 Å². The molecule has 5 aliphatic carbocycles. The lowest BCUT2D eigenvalue weighted by Gasteiger charge is -2.58. The van der Waals surface area contributed by atoms with Gasteiger partial charge in [0.2, 0.25) is 11.8 Å². The predicted octanol–water partition coefficient (Wildman–Crippen LogP) is 6.11. The van der Waals surface area contributed by atoms with Crippen LogP contribution in [-0.4, -0.2) is 48.1 Å². The molecule has 5 rings (SSSR count). The monoisotopic (exact) mass is 526 g/mol. The Labute approximate surface area is 231 Å². The van der Waals surface area contributed by atoms with Gasteiger partial charge in [0.05, 0.1) is 6.10 Å². The number of fused-ring (bicyclic) bond motifs is 5. The molecule has 214 valence electrons. The number of allylic oxidation sites excluding steroid dienone is 1. The van der Waals surface area contributed by atoms with E-state index in [9.17, 15) is 14.7 Å². The molecular formula is C33H54N2O3. The van der Waals surface area contributed by atoms with Crippen LogP contribution < -0.4 is 5.32 Å². The van der Waals surface area contributed by atoms with Crippen LogP contribution in [0, 0.1) is 46.3 Å². The topological polar surface area (TPSA) is 69.6 Å². The van der Waals surface area contributed by atoms with E-state index >= 15 is 0 Å². The quantitative estimate of drug-likeness (QED) is 0.411. The highest BCUT2D eigenvalue weighted by atomic mass is 16.3. The molecule has 0 aromatic rings. The standard InChI is InChI=1S/C33H54N2O3/c1-21(6-15-30(37)34-24-10-7-22(8-11-24)31(38)35(4)5)27-13-14-28-26-12-9-23-20-25(36)16-18-32(23,2)29(26)17-19-33(27,28)3/h9,21-22,24-29,36H,6-8,10-20H2,1-5H3,(H,34,37)/t21?,22?,24?,25-,26-,27+,28-,29-,32-,33+/m0/s1. The Morgan fingerprint density at radius 1 is 1.03 bits per heavy atom. The average molecular weight is 527 g/mol. The van der Waals surface area contributed by atoms with E-state index in [1.807, 2.05) is 14.1 Å². The minimum atomic E-state index is -0.129. The molecule has 5 nitrogen and oxygen atoms in total. The number of carbonyl (C=O) groups is 2. The fourth-order valence-electron chi connectivity index (χ4n) is 10.3. The van der Waals surface area contributed by atoms with E-state index in [0.717, 1.165) is 75.0 Å². The Morgan fingerprint density at radius 2 is 1.76 bits per heavy atom. The van der Waals surface area contributed by atoms with E-state index < -0.39 is 0 Å². The second-order valence-electron chi connectivity index (χ2n) is 14.7. The van der Waals surface area contributed by atoms with Gasteiger partial charge in [-0.3, -0.25) is 9.59 Å². The van der Waals surface area contributed by atoms with Crippen molar-refractivity contribution >= 4 is 11.8 Å². The van der Waals surface area contributed by atoms with E-state index in [0.29, 0.717) is 23.2 Å². The zero-order chi connectivity index (χ0) is 27.2. The third kappa shape index (κ3) is 5.10. The summed E-state index contributed by atoms with van der Waals surface area (Å²) in [4.78, 5) is 26.8. The van der Waals surface area contributed by atoms with E-state index in [4.69, 9.17) is 0 Å². The second-order valence-corrected chi connectivity index (χ2v) is 14.7. The molecule has 0 radical (unpaired) electrons. The molecule has 5 heteroatoms. The van der Waals surface area contributed by atoms with Gasteiger partial charge in [0.25, 0.3) is 0 Å². The molecule has 0 aromatic heterocycles. The van der Waals surface area contributed by atoms with Gasteiger partial charge in [0, 0.05) is 32.5 Å². The maximum atomic E-state index is 12.9. The number of nitrogens with zero attached hydrogens (tertiary/aromatic N) is 1. The summed E-state index contributed by atoms with van der Waals surface area (Å²) in [6.45, 7) is 7.53. The molecular weight excluding hydrogens is 472 g/mol. The lowest BCUT2D eigenvalue weighted by Crippen LogP contribution is -2.50. The molecule has 38 heavy (non-hydrogen) atoms. The van der Waals surface area contributed by atoms with E-state index in [1.165, 1.54) is 32.1 Å². The number of hydrogen-bond acceptors (Lipinski definition) is 3. The van der Waals surface area contributed by atoms with Crippen molar-refractivity contribution in [1.29, 1.82) is 0 Å². The van der Waals surface area contributed by atoms with Gasteiger partial charge in [-0.1, -0.05) is 32.4 Å². The fourth-order valence-corrected chi connectivity index (χ4v) is 10.3. The Bertz CT molecular complexity index is 921. The molecule has 1 unspecified atom stereocenters. The summed E-state index contributed by atoms with van der Waals surface area (Å²) in [7, 11) is 3.67. The van der Waals surface area contributed by atoms with E-state index in [-0.39, 0.29) is 29.9 Å². The number of amides is 2. The Morgan fingerprint density at radius 3 is 2.47 bits per heavy atom. The Kier molecular flexibility index (Phi) is 8.08. The molecule has 0 heterocycles. The Hall–Kier alpha value is -1.36. The summed E-state index contributed by atoms with van der Waals surface area (Å²) in [5, 5.41) is 13.6. The summed E-state index contributed by atoms with van der Waals surface area (Å²) in [5.74, 6) is 4.27. The highest BCUT2D eigenvalue weighted by Gasteiger charge is 2.59. The first-order valence-electron chi connectivity index (χ1n) is 15.9. The van der Waals surface area contributed by atoms with E-state index in [2.05, 4.69) is 32.2 Å². The van der Waals surface area contributed by atoms with Gasteiger partial charge in [0.1, 0.15) is 0 Å². The van der Waals surface area contributed by atoms with Crippen LogP contribution in [0.15, 0.2) is 11.6 Å². The van der Waals surface area contributed by atoms with Crippen LogP contribution in [0.3, 0.4) is 0 Å². The number of nitrogens with one attached hydrogen (secondary N) is 1. The van der Waals surface area contributed by atoms with Crippen LogP contribution in [0.1, 0.15) is 111 Å². The molecule has 0 saturated heterocycles. The van der Waals surface area contributed by atoms with Crippen LogP contribution in [0.4, 0.5) is 0 Å². The number of aliphatic hydroxyl groups excluding tert-OH is 1. The molecule has 2 N–H and O–H groups in total. The highest BCUT2D eigenvalue weighted by molar-refractivity contribution is 5.78. The van der Waals surface area contributed by atoms with Gasteiger partial charge in [0.15, 0.2) is 0 Å². The molecule has 0 aromatic carbocycles. The first-order valence-corrected chi connectivity index (χ1v) is 15.9. The van der Waals surface area contributed by atoms with E-state index in [1.54, 1.807) is 10.5 Å². The summed E-state index contributed by atoms with van der Waals surface area (Å²) in [5.41, 5.74) is 2.28. The van der Waals surface area contributed by atoms with Crippen molar-refractivity contribution in [3.63, 3.8) is 0 Å². The molecule has 0 bridgehead atoms. The van der Waals surface area contributed by atoms with Crippen LogP contribution >= 0.6 is 0 Å². The van der Waals surface area contributed by atoms with Gasteiger partial charge in [-0.25, -0.2) is 0 Å². The molecule has 0 spiro atoms. The SMILES string of the molecule is CC(CCC(=O)NC1CCC(C(=O)N(C)C)CC1)[C@H]1CC[C@H]2[C@@H]3CC=C4C[C@@H](O)CC[C@]4(C)[C@H]3CC[C@]12C. The Balaban J connectivity index is 1.13. The largest absolute Gasteiger partial charge is 0.393 e. The summed E-state index contributed by atoms with van der Waals surface area (Å²) in [6.07, 6.45) is 17.2. The third-order valence-electron chi connectivity index (χ3n) is 12.5. The summed E-state index contributed by atoms with van der Waals surface area (Å²) < 4.78 is 0. The van der Waals surface area contributed by atoms with Crippen molar-refractivity contribution in [2.24, 2.45) is 46.3 Å². The first-order chi connectivity index (χ1) is 18.0. The zero-order valence-corrected chi connectivity index (χ0v) is 24.8. The van der Waals surface area contributed by atoms with Crippen LogP contribution in [0.25, 0.3) is 0 Å². The average Bonchev–Trinajstić information content (AvgIpc) is 3.25. The molecule has 8 atom stereocenters.